The van der Waals surface area contributed by atoms with Crippen molar-refractivity contribution in [1.29, 1.82) is 0 Å². The highest BCUT2D eigenvalue weighted by atomic mass is 16.6. The van der Waals surface area contributed by atoms with E-state index < -0.39 is 5.72 Å². The molecule has 1 saturated heterocycles. The molecule has 8 rings (SSSR count). The first-order valence-corrected chi connectivity index (χ1v) is 12.2. The molecule has 3 aromatic carbocycles. The van der Waals surface area contributed by atoms with Gasteiger partial charge in [-0.15, -0.1) is 0 Å². The largest absolute Gasteiger partial charge is 0.375 e. The molecule has 2 N–H and O–H groups in total. The van der Waals surface area contributed by atoms with Crippen molar-refractivity contribution in [3.63, 3.8) is 0 Å². The second-order valence-electron chi connectivity index (χ2n) is 10.2. The van der Waals surface area contributed by atoms with Crippen molar-refractivity contribution in [2.24, 2.45) is 0 Å². The molecule has 3 aliphatic heterocycles. The van der Waals surface area contributed by atoms with Gasteiger partial charge < -0.3 is 29.2 Å². The molecule has 1 amide bonds. The van der Waals surface area contributed by atoms with Crippen LogP contribution in [0.1, 0.15) is 35.5 Å². The maximum atomic E-state index is 13.3. The van der Waals surface area contributed by atoms with Crippen LogP contribution in [0.3, 0.4) is 0 Å². The highest BCUT2D eigenvalue weighted by Crippen LogP contribution is 2.53. The standard InChI is InChI=1S/C28H26N4O3/c1-28-12-17(29-2)25(34-3)27(35-28)31-18-10-6-4-8-14(18)20-16-13-30-26(33)22(16)21-15-9-5-7-11-19(15)32(28)24(21)23(20)31/h4-11,17,25,27,29H,12-13H2,1-3H3,(H,30,33)/t17-,25-,27+,28-/m1/s1. The van der Waals surface area contributed by atoms with Gasteiger partial charge >= 0.3 is 0 Å². The predicted octanol–water partition coefficient (Wildman–Crippen LogP) is 4.35. The van der Waals surface area contributed by atoms with Crippen LogP contribution in [0, 0.1) is 0 Å². The maximum absolute atomic E-state index is 13.3. The van der Waals surface area contributed by atoms with E-state index in [1.165, 1.54) is 0 Å². The fourth-order valence-corrected chi connectivity index (χ4v) is 7.22. The molecule has 4 atom stereocenters. The molecule has 35 heavy (non-hydrogen) atoms. The fourth-order valence-electron chi connectivity index (χ4n) is 7.22. The van der Waals surface area contributed by atoms with Gasteiger partial charge in [0.2, 0.25) is 0 Å². The number of carbonyl (C=O) groups is 1. The zero-order chi connectivity index (χ0) is 23.6. The van der Waals surface area contributed by atoms with Crippen molar-refractivity contribution in [3.05, 3.63) is 59.7 Å². The Labute approximate surface area is 201 Å². The normalized spacial score (nSPS) is 27.3. The number of para-hydroxylation sites is 2. The van der Waals surface area contributed by atoms with E-state index in [4.69, 9.17) is 9.47 Å². The Hall–Kier alpha value is -3.39. The highest BCUT2D eigenvalue weighted by Gasteiger charge is 2.51. The number of benzene rings is 3. The lowest BCUT2D eigenvalue weighted by Gasteiger charge is -2.47. The van der Waals surface area contributed by atoms with Crippen LogP contribution >= 0.6 is 0 Å². The lowest BCUT2D eigenvalue weighted by Crippen LogP contribution is -2.56. The molecule has 0 unspecified atom stereocenters. The number of likely N-dealkylation sites (N-methyl/N-ethyl adjacent to an activating group) is 1. The summed E-state index contributed by atoms with van der Waals surface area (Å²) in [6, 6.07) is 17.0. The third-order valence-corrected chi connectivity index (χ3v) is 8.54. The molecule has 2 bridgehead atoms. The summed E-state index contributed by atoms with van der Waals surface area (Å²) in [6.07, 6.45) is 0.231. The molecular formula is C28H26N4O3. The number of nitrogens with one attached hydrogen (secondary N) is 2. The predicted molar refractivity (Wildman–Crippen MR) is 136 cm³/mol. The summed E-state index contributed by atoms with van der Waals surface area (Å²) < 4.78 is 17.9. The van der Waals surface area contributed by atoms with E-state index in [2.05, 4.69) is 75.2 Å². The number of rotatable bonds is 2. The van der Waals surface area contributed by atoms with Gasteiger partial charge in [0.1, 0.15) is 11.8 Å². The van der Waals surface area contributed by atoms with Crippen LogP contribution in [0.5, 0.6) is 0 Å². The van der Waals surface area contributed by atoms with Crippen LogP contribution in [0.25, 0.3) is 43.6 Å². The van der Waals surface area contributed by atoms with Gasteiger partial charge in [0.25, 0.3) is 5.91 Å². The molecule has 0 saturated carbocycles. The Morgan fingerprint density at radius 1 is 1.06 bits per heavy atom. The SMILES string of the molecule is CN[C@@H]1C[C@@]2(C)O[C@@H]([C@@H]1OC)n1c3ccccc3c3c4c(c5c6ccccc6n2c5c31)C(=O)NC4. The molecule has 7 heteroatoms. The van der Waals surface area contributed by atoms with Crippen molar-refractivity contribution in [3.8, 4) is 0 Å². The Bertz CT molecular complexity index is 1750. The fraction of sp³-hybridized carbons (Fsp3) is 0.321. The van der Waals surface area contributed by atoms with Gasteiger partial charge in [-0.25, -0.2) is 0 Å². The summed E-state index contributed by atoms with van der Waals surface area (Å²) in [5.41, 5.74) is 5.63. The summed E-state index contributed by atoms with van der Waals surface area (Å²) in [7, 11) is 3.77. The van der Waals surface area contributed by atoms with Crippen LogP contribution in [-0.2, 0) is 21.7 Å². The molecule has 1 fully saturated rings. The van der Waals surface area contributed by atoms with Crippen LogP contribution < -0.4 is 10.6 Å². The molecule has 5 aromatic rings. The number of amides is 1. The summed E-state index contributed by atoms with van der Waals surface area (Å²) >= 11 is 0. The summed E-state index contributed by atoms with van der Waals surface area (Å²) in [5.74, 6) is 0.00259. The number of hydrogen-bond donors (Lipinski definition) is 2. The molecule has 0 spiro atoms. The summed E-state index contributed by atoms with van der Waals surface area (Å²) in [4.78, 5) is 13.3. The second kappa shape index (κ2) is 6.43. The lowest BCUT2D eigenvalue weighted by molar-refractivity contribution is -0.242. The van der Waals surface area contributed by atoms with Gasteiger partial charge in [-0.05, 0) is 31.7 Å². The van der Waals surface area contributed by atoms with Crippen molar-refractivity contribution in [2.75, 3.05) is 14.2 Å². The first-order valence-electron chi connectivity index (χ1n) is 12.2. The maximum Gasteiger partial charge on any atom is 0.252 e. The van der Waals surface area contributed by atoms with E-state index in [1.54, 1.807) is 7.11 Å². The molecule has 176 valence electrons. The number of ether oxygens (including phenoxy) is 2. The Morgan fingerprint density at radius 2 is 1.77 bits per heavy atom. The van der Waals surface area contributed by atoms with Gasteiger partial charge in [-0.3, -0.25) is 4.79 Å². The Kier molecular flexibility index (Phi) is 3.65. The average molecular weight is 467 g/mol. The topological polar surface area (TPSA) is 69.5 Å². The number of hydrogen-bond acceptors (Lipinski definition) is 4. The monoisotopic (exact) mass is 466 g/mol. The van der Waals surface area contributed by atoms with Gasteiger partial charge in [-0.2, -0.15) is 0 Å². The molecule has 0 radical (unpaired) electrons. The van der Waals surface area contributed by atoms with E-state index >= 15 is 0 Å². The zero-order valence-electron chi connectivity index (χ0n) is 19.9. The van der Waals surface area contributed by atoms with Crippen molar-refractivity contribution < 1.29 is 14.3 Å². The van der Waals surface area contributed by atoms with Crippen LogP contribution in [0.15, 0.2) is 48.5 Å². The van der Waals surface area contributed by atoms with Crippen molar-refractivity contribution in [2.45, 2.75) is 44.0 Å². The van der Waals surface area contributed by atoms with E-state index in [-0.39, 0.29) is 24.3 Å². The van der Waals surface area contributed by atoms with Crippen LogP contribution in [-0.4, -0.2) is 41.3 Å². The van der Waals surface area contributed by atoms with Crippen LogP contribution in [0.2, 0.25) is 0 Å². The van der Waals surface area contributed by atoms with E-state index in [0.29, 0.717) is 6.54 Å². The minimum absolute atomic E-state index is 0.00259. The van der Waals surface area contributed by atoms with E-state index in [9.17, 15) is 4.79 Å². The number of aromatic nitrogens is 2. The van der Waals surface area contributed by atoms with Crippen molar-refractivity contribution >= 4 is 49.5 Å². The number of carbonyl (C=O) groups excluding carboxylic acids is 1. The minimum Gasteiger partial charge on any atom is -0.375 e. The zero-order valence-corrected chi connectivity index (χ0v) is 19.9. The molecule has 3 aliphatic rings. The average Bonchev–Trinajstić information content (AvgIpc) is 3.51. The second-order valence-corrected chi connectivity index (χ2v) is 10.2. The minimum atomic E-state index is -0.634. The summed E-state index contributed by atoms with van der Waals surface area (Å²) in [6.45, 7) is 2.71. The van der Waals surface area contributed by atoms with Gasteiger partial charge in [0.05, 0.1) is 27.6 Å². The molecule has 5 heterocycles. The molecule has 0 aliphatic carbocycles. The first-order chi connectivity index (χ1) is 17.1. The number of methoxy groups -OCH3 is 1. The van der Waals surface area contributed by atoms with Gasteiger partial charge in [0, 0.05) is 47.7 Å². The quantitative estimate of drug-likeness (QED) is 0.406. The van der Waals surface area contributed by atoms with Crippen LogP contribution in [0.4, 0.5) is 0 Å². The Morgan fingerprint density at radius 3 is 2.51 bits per heavy atom. The first kappa shape index (κ1) is 19.9. The molecule has 7 nitrogen and oxygen atoms in total. The Balaban J connectivity index is 1.72. The lowest BCUT2D eigenvalue weighted by atomic mass is 9.94. The number of nitrogens with zero attached hydrogens (tertiary/aromatic N) is 2. The number of fused-ring (bicyclic) bond motifs is 13. The third kappa shape index (κ3) is 2.16. The molecular weight excluding hydrogens is 440 g/mol. The third-order valence-electron chi connectivity index (χ3n) is 8.54. The van der Waals surface area contributed by atoms with E-state index in [0.717, 1.165) is 61.2 Å². The van der Waals surface area contributed by atoms with Crippen molar-refractivity contribution in [1.82, 2.24) is 19.8 Å². The molecule has 2 aromatic heterocycles. The smallest absolute Gasteiger partial charge is 0.252 e. The van der Waals surface area contributed by atoms with Gasteiger partial charge in [-0.1, -0.05) is 36.4 Å². The highest BCUT2D eigenvalue weighted by molar-refractivity contribution is 6.31. The van der Waals surface area contributed by atoms with Gasteiger partial charge in [0.15, 0.2) is 6.23 Å². The van der Waals surface area contributed by atoms with E-state index in [1.807, 2.05) is 7.05 Å². The summed E-state index contributed by atoms with van der Waals surface area (Å²) in [5, 5.41) is 11.0.